The van der Waals surface area contributed by atoms with Crippen LogP contribution >= 0.6 is 11.8 Å². The molecular formula is C18H22F3N3O3S. The van der Waals surface area contributed by atoms with E-state index < -0.39 is 28.9 Å². The largest absolute Gasteiger partial charge is 0.378 e. The van der Waals surface area contributed by atoms with Gasteiger partial charge in [0.2, 0.25) is 5.91 Å². The Morgan fingerprint density at radius 2 is 1.82 bits per heavy atom. The molecule has 2 heterocycles. The van der Waals surface area contributed by atoms with Gasteiger partial charge in [-0.05, 0) is 18.1 Å². The van der Waals surface area contributed by atoms with Gasteiger partial charge in [0.05, 0.1) is 13.2 Å². The molecule has 2 fully saturated rings. The molecular weight excluding hydrogens is 395 g/mol. The van der Waals surface area contributed by atoms with Gasteiger partial charge in [-0.15, -0.1) is 11.8 Å². The number of rotatable bonds is 5. The molecule has 2 aliphatic rings. The number of carbonyl (C=O) groups is 2. The third-order valence-electron chi connectivity index (χ3n) is 4.75. The number of morpholine rings is 1. The van der Waals surface area contributed by atoms with Gasteiger partial charge in [-0.2, -0.15) is 0 Å². The highest BCUT2D eigenvalue weighted by molar-refractivity contribution is 8.00. The van der Waals surface area contributed by atoms with E-state index in [0.29, 0.717) is 44.7 Å². The Balaban J connectivity index is 1.60. The van der Waals surface area contributed by atoms with Crippen LogP contribution in [0.4, 0.5) is 13.2 Å². The number of thioether (sulfide) groups is 1. The predicted octanol–water partition coefficient (Wildman–Crippen LogP) is 1.12. The van der Waals surface area contributed by atoms with Crippen molar-refractivity contribution in [1.82, 2.24) is 9.80 Å². The second-order valence-corrected chi connectivity index (χ2v) is 7.96. The number of nitrogens with zero attached hydrogens (tertiary/aromatic N) is 2. The van der Waals surface area contributed by atoms with Crippen molar-refractivity contribution in [2.75, 3.05) is 38.6 Å². The third kappa shape index (κ3) is 4.79. The van der Waals surface area contributed by atoms with Gasteiger partial charge < -0.3 is 20.3 Å². The third-order valence-corrected chi connectivity index (χ3v) is 5.94. The zero-order chi connectivity index (χ0) is 20.3. The second kappa shape index (κ2) is 9.15. The van der Waals surface area contributed by atoms with Crippen LogP contribution in [0.15, 0.2) is 12.1 Å². The van der Waals surface area contributed by atoms with Crippen molar-refractivity contribution >= 4 is 23.6 Å². The van der Waals surface area contributed by atoms with Crippen LogP contribution in [0, 0.1) is 17.5 Å². The van der Waals surface area contributed by atoms with Gasteiger partial charge in [0.1, 0.15) is 5.82 Å². The lowest BCUT2D eigenvalue weighted by Crippen LogP contribution is -2.50. The summed E-state index contributed by atoms with van der Waals surface area (Å²) in [6, 6.07) is 0.440. The van der Waals surface area contributed by atoms with Crippen molar-refractivity contribution in [3.8, 4) is 0 Å². The number of carbonyl (C=O) groups excluding carboxylic acids is 2. The summed E-state index contributed by atoms with van der Waals surface area (Å²) in [6.45, 7) is 2.36. The molecule has 0 radical (unpaired) electrons. The molecule has 3 rings (SSSR count). The van der Waals surface area contributed by atoms with Gasteiger partial charge in [0.25, 0.3) is 5.91 Å². The summed E-state index contributed by atoms with van der Waals surface area (Å²) in [5, 5.41) is -0.599. The lowest BCUT2D eigenvalue weighted by atomic mass is 10.0. The van der Waals surface area contributed by atoms with Crippen LogP contribution in [0.3, 0.4) is 0 Å². The van der Waals surface area contributed by atoms with Crippen LogP contribution in [0.25, 0.3) is 0 Å². The molecule has 0 spiro atoms. The van der Waals surface area contributed by atoms with Gasteiger partial charge >= 0.3 is 0 Å². The average Bonchev–Trinajstić information content (AvgIpc) is 3.16. The van der Waals surface area contributed by atoms with Crippen LogP contribution in [0.2, 0.25) is 0 Å². The Morgan fingerprint density at radius 3 is 2.54 bits per heavy atom. The summed E-state index contributed by atoms with van der Waals surface area (Å²) >= 11 is 1.40. The number of hydrogen-bond acceptors (Lipinski definition) is 5. The van der Waals surface area contributed by atoms with Crippen molar-refractivity contribution in [3.63, 3.8) is 0 Å². The van der Waals surface area contributed by atoms with Crippen molar-refractivity contribution in [3.05, 3.63) is 35.1 Å². The van der Waals surface area contributed by atoms with E-state index in [1.54, 1.807) is 4.90 Å². The van der Waals surface area contributed by atoms with E-state index in [1.165, 1.54) is 16.7 Å². The molecule has 0 bridgehead atoms. The summed E-state index contributed by atoms with van der Waals surface area (Å²) in [4.78, 5) is 28.5. The highest BCUT2D eigenvalue weighted by Gasteiger charge is 2.37. The van der Waals surface area contributed by atoms with Crippen molar-refractivity contribution in [1.29, 1.82) is 0 Å². The molecule has 1 unspecified atom stereocenters. The number of halogens is 3. The molecule has 0 aromatic heterocycles. The van der Waals surface area contributed by atoms with Gasteiger partial charge in [-0.3, -0.25) is 9.59 Å². The maximum absolute atomic E-state index is 13.8. The minimum Gasteiger partial charge on any atom is -0.378 e. The second-order valence-electron chi connectivity index (χ2n) is 6.77. The van der Waals surface area contributed by atoms with Crippen LogP contribution in [-0.2, 0) is 20.7 Å². The fraction of sp³-hybridized carbons (Fsp3) is 0.556. The molecule has 1 aromatic carbocycles. The first-order valence-electron chi connectivity index (χ1n) is 9.03. The molecule has 1 aromatic rings. The summed E-state index contributed by atoms with van der Waals surface area (Å²) in [5.41, 5.74) is 5.86. The molecule has 0 aliphatic carbocycles. The standard InChI is InChI=1S/C18H22F3N3O3S/c19-13-10-15(21)14(20)8-11(13)7-12(22)9-16(25)24-3-6-28-18(24)17(26)23-1-4-27-5-2-23/h8,10,12,18H,1-7,9,22H2/t12-,18?/m1/s1. The minimum atomic E-state index is -1.27. The molecule has 28 heavy (non-hydrogen) atoms. The monoisotopic (exact) mass is 417 g/mol. The molecule has 2 saturated heterocycles. The van der Waals surface area contributed by atoms with Crippen molar-refractivity contribution in [2.24, 2.45) is 5.73 Å². The summed E-state index contributed by atoms with van der Waals surface area (Å²) in [7, 11) is 0. The van der Waals surface area contributed by atoms with Gasteiger partial charge in [0.15, 0.2) is 17.0 Å². The van der Waals surface area contributed by atoms with Gasteiger partial charge in [0, 0.05) is 43.9 Å². The molecule has 6 nitrogen and oxygen atoms in total. The molecule has 0 saturated carbocycles. The van der Waals surface area contributed by atoms with Crippen molar-refractivity contribution in [2.45, 2.75) is 24.3 Å². The van der Waals surface area contributed by atoms with E-state index in [1.807, 2.05) is 0 Å². The molecule has 154 valence electrons. The van der Waals surface area contributed by atoms with E-state index in [-0.39, 0.29) is 30.2 Å². The lowest BCUT2D eigenvalue weighted by Gasteiger charge is -2.32. The number of amides is 2. The van der Waals surface area contributed by atoms with E-state index in [4.69, 9.17) is 10.5 Å². The SMILES string of the molecule is N[C@@H](CC(=O)N1CCSC1C(=O)N1CCOCC1)Cc1cc(F)c(F)cc1F. The number of hydrogen-bond donors (Lipinski definition) is 1. The summed E-state index contributed by atoms with van der Waals surface area (Å²) in [6.07, 6.45) is -0.232. The zero-order valence-electron chi connectivity index (χ0n) is 15.2. The Kier molecular flexibility index (Phi) is 6.84. The van der Waals surface area contributed by atoms with Crippen LogP contribution in [0.1, 0.15) is 12.0 Å². The van der Waals surface area contributed by atoms with E-state index in [9.17, 15) is 22.8 Å². The smallest absolute Gasteiger partial charge is 0.256 e. The highest BCUT2D eigenvalue weighted by atomic mass is 32.2. The molecule has 2 atom stereocenters. The topological polar surface area (TPSA) is 75.9 Å². The summed E-state index contributed by atoms with van der Waals surface area (Å²) in [5.74, 6) is -3.14. The molecule has 2 aliphatic heterocycles. The predicted molar refractivity (Wildman–Crippen MR) is 98.0 cm³/mol. The molecule has 2 amide bonds. The Hall–Kier alpha value is -1.78. The fourth-order valence-electron chi connectivity index (χ4n) is 3.29. The average molecular weight is 417 g/mol. The van der Waals surface area contributed by atoms with Gasteiger partial charge in [-0.1, -0.05) is 0 Å². The zero-order valence-corrected chi connectivity index (χ0v) is 16.0. The maximum Gasteiger partial charge on any atom is 0.256 e. The van der Waals surface area contributed by atoms with Crippen LogP contribution in [-0.4, -0.2) is 71.6 Å². The lowest BCUT2D eigenvalue weighted by molar-refractivity contribution is -0.144. The van der Waals surface area contributed by atoms with E-state index in [0.717, 1.165) is 6.07 Å². The molecule has 10 heteroatoms. The quantitative estimate of drug-likeness (QED) is 0.727. The normalized spacial score (nSPS) is 21.1. The minimum absolute atomic E-state index is 0.0871. The highest BCUT2D eigenvalue weighted by Crippen LogP contribution is 2.27. The van der Waals surface area contributed by atoms with Crippen LogP contribution in [0.5, 0.6) is 0 Å². The first kappa shape index (κ1) is 20.9. The Bertz CT molecular complexity index is 746. The first-order chi connectivity index (χ1) is 13.4. The van der Waals surface area contributed by atoms with E-state index in [2.05, 4.69) is 0 Å². The summed E-state index contributed by atoms with van der Waals surface area (Å²) < 4.78 is 45.4. The fourth-order valence-corrected chi connectivity index (χ4v) is 4.51. The van der Waals surface area contributed by atoms with Gasteiger partial charge in [-0.25, -0.2) is 13.2 Å². The maximum atomic E-state index is 13.8. The first-order valence-corrected chi connectivity index (χ1v) is 10.1. The molecule has 2 N–H and O–H groups in total. The number of nitrogens with two attached hydrogens (primary N) is 1. The van der Waals surface area contributed by atoms with Crippen LogP contribution < -0.4 is 5.73 Å². The van der Waals surface area contributed by atoms with E-state index >= 15 is 0 Å². The Morgan fingerprint density at radius 1 is 1.14 bits per heavy atom. The number of ether oxygens (including phenoxy) is 1. The van der Waals surface area contributed by atoms with Crippen molar-refractivity contribution < 1.29 is 27.5 Å². The number of benzene rings is 1. The Labute approximate surface area is 165 Å².